The van der Waals surface area contributed by atoms with Crippen LogP contribution in [0.15, 0.2) is 30.3 Å². The van der Waals surface area contributed by atoms with Crippen LogP contribution in [-0.4, -0.2) is 29.0 Å². The highest BCUT2D eigenvalue weighted by Gasteiger charge is 2.16. The first kappa shape index (κ1) is 15.7. The van der Waals surface area contributed by atoms with Gasteiger partial charge in [-0.1, -0.05) is 17.7 Å². The zero-order valence-corrected chi connectivity index (χ0v) is 13.8. The van der Waals surface area contributed by atoms with Gasteiger partial charge >= 0.3 is 0 Å². The van der Waals surface area contributed by atoms with Crippen LogP contribution in [0, 0.1) is 6.92 Å². The number of aromatic nitrogens is 2. The van der Waals surface area contributed by atoms with Crippen molar-refractivity contribution in [3.05, 3.63) is 52.3 Å². The Kier molecular flexibility index (Phi) is 4.76. The quantitative estimate of drug-likeness (QED) is 0.936. The molecular formula is C17H19ClN4O. The van der Waals surface area contributed by atoms with Crippen molar-refractivity contribution in [2.24, 2.45) is 0 Å². The van der Waals surface area contributed by atoms with E-state index in [4.69, 9.17) is 11.6 Å². The number of carbonyl (C=O) groups is 1. The zero-order chi connectivity index (χ0) is 16.2. The van der Waals surface area contributed by atoms with Gasteiger partial charge in [-0.3, -0.25) is 4.79 Å². The molecule has 5 nitrogen and oxygen atoms in total. The van der Waals surface area contributed by atoms with Crippen LogP contribution in [-0.2, 0) is 6.54 Å². The lowest BCUT2D eigenvalue weighted by Gasteiger charge is -2.16. The van der Waals surface area contributed by atoms with Gasteiger partial charge in [-0.25, -0.2) is 9.97 Å². The largest absolute Gasteiger partial charge is 0.346 e. The summed E-state index contributed by atoms with van der Waals surface area (Å²) in [5.41, 5.74) is 2.27. The Hall–Kier alpha value is -2.14. The first-order valence-corrected chi connectivity index (χ1v) is 8.13. The number of nitrogens with zero attached hydrogens (tertiary/aromatic N) is 3. The number of hydrogen-bond acceptors (Lipinski definition) is 4. The van der Waals surface area contributed by atoms with Gasteiger partial charge in [0.2, 0.25) is 5.95 Å². The third kappa shape index (κ3) is 3.99. The molecule has 1 amide bonds. The molecule has 0 aliphatic carbocycles. The van der Waals surface area contributed by atoms with Crippen molar-refractivity contribution < 1.29 is 4.79 Å². The van der Waals surface area contributed by atoms with Crippen molar-refractivity contribution >= 4 is 23.5 Å². The fourth-order valence-electron chi connectivity index (χ4n) is 2.67. The smallest absolute Gasteiger partial charge is 0.251 e. The molecule has 1 saturated heterocycles. The number of rotatable bonds is 4. The van der Waals surface area contributed by atoms with E-state index in [9.17, 15) is 4.79 Å². The van der Waals surface area contributed by atoms with Crippen LogP contribution in [0.1, 0.15) is 34.6 Å². The lowest BCUT2D eigenvalue weighted by Crippen LogP contribution is -2.25. The maximum absolute atomic E-state index is 12.2. The molecule has 1 fully saturated rings. The number of carbonyl (C=O) groups excluding carboxylic acids is 1. The van der Waals surface area contributed by atoms with Gasteiger partial charge in [0.25, 0.3) is 5.91 Å². The monoisotopic (exact) mass is 330 g/mol. The lowest BCUT2D eigenvalue weighted by molar-refractivity contribution is 0.0950. The van der Waals surface area contributed by atoms with Gasteiger partial charge in [0.05, 0.1) is 12.2 Å². The Bertz CT molecular complexity index is 713. The Labute approximate surface area is 140 Å². The molecule has 23 heavy (non-hydrogen) atoms. The van der Waals surface area contributed by atoms with Crippen molar-refractivity contribution in [2.45, 2.75) is 26.3 Å². The van der Waals surface area contributed by atoms with Crippen LogP contribution in [0.3, 0.4) is 0 Å². The summed E-state index contributed by atoms with van der Waals surface area (Å²) in [5.74, 6) is 0.598. The molecule has 0 spiro atoms. The van der Waals surface area contributed by atoms with Crippen LogP contribution in [0.2, 0.25) is 5.02 Å². The van der Waals surface area contributed by atoms with Crippen molar-refractivity contribution in [3.63, 3.8) is 0 Å². The number of aryl methyl sites for hydroxylation is 1. The Morgan fingerprint density at radius 1 is 1.26 bits per heavy atom. The van der Waals surface area contributed by atoms with E-state index >= 15 is 0 Å². The van der Waals surface area contributed by atoms with E-state index < -0.39 is 0 Å². The van der Waals surface area contributed by atoms with Gasteiger partial charge in [-0.15, -0.1) is 0 Å². The Balaban J connectivity index is 1.69. The van der Waals surface area contributed by atoms with E-state index in [2.05, 4.69) is 20.2 Å². The Morgan fingerprint density at radius 2 is 2.04 bits per heavy atom. The fourth-order valence-corrected chi connectivity index (χ4v) is 2.86. The molecule has 0 unspecified atom stereocenters. The number of anilines is 1. The minimum Gasteiger partial charge on any atom is -0.346 e. The summed E-state index contributed by atoms with van der Waals surface area (Å²) in [7, 11) is 0. The van der Waals surface area contributed by atoms with Crippen LogP contribution < -0.4 is 10.2 Å². The number of benzene rings is 1. The molecule has 2 heterocycles. The van der Waals surface area contributed by atoms with Crippen molar-refractivity contribution in [1.82, 2.24) is 15.3 Å². The predicted octanol–water partition coefficient (Wildman–Crippen LogP) is 2.97. The maximum atomic E-state index is 12.2. The topological polar surface area (TPSA) is 58.1 Å². The average Bonchev–Trinajstić information content (AvgIpc) is 3.06. The van der Waals surface area contributed by atoms with Crippen LogP contribution in [0.4, 0.5) is 5.95 Å². The van der Waals surface area contributed by atoms with E-state index in [1.165, 1.54) is 12.8 Å². The Morgan fingerprint density at radius 3 is 2.78 bits per heavy atom. The number of halogens is 1. The maximum Gasteiger partial charge on any atom is 0.251 e. The summed E-state index contributed by atoms with van der Waals surface area (Å²) >= 11 is 5.91. The molecule has 120 valence electrons. The molecule has 1 aromatic heterocycles. The molecule has 0 radical (unpaired) electrons. The number of hydrogen-bond donors (Lipinski definition) is 1. The highest BCUT2D eigenvalue weighted by atomic mass is 35.5. The van der Waals surface area contributed by atoms with Gasteiger partial charge in [0.15, 0.2) is 0 Å². The molecule has 1 N–H and O–H groups in total. The van der Waals surface area contributed by atoms with Gasteiger partial charge < -0.3 is 10.2 Å². The highest BCUT2D eigenvalue weighted by molar-refractivity contribution is 6.30. The summed E-state index contributed by atoms with van der Waals surface area (Å²) in [5, 5.41) is 3.43. The molecular weight excluding hydrogens is 312 g/mol. The van der Waals surface area contributed by atoms with Gasteiger partial charge in [0, 0.05) is 29.4 Å². The van der Waals surface area contributed by atoms with E-state index in [0.29, 0.717) is 17.1 Å². The SMILES string of the molecule is Cc1cc(CNC(=O)c2cccc(Cl)c2)nc(N2CCCC2)n1. The summed E-state index contributed by atoms with van der Waals surface area (Å²) < 4.78 is 0. The minimum atomic E-state index is -0.161. The van der Waals surface area contributed by atoms with Crippen LogP contribution in [0.5, 0.6) is 0 Å². The molecule has 1 aliphatic heterocycles. The standard InChI is InChI=1S/C17H19ClN4O/c1-12-9-15(21-17(20-12)22-7-2-3-8-22)11-19-16(23)13-5-4-6-14(18)10-13/h4-6,9-10H,2-3,7-8,11H2,1H3,(H,19,23). The molecule has 2 aromatic rings. The normalized spacial score (nSPS) is 14.1. The van der Waals surface area contributed by atoms with Crippen molar-refractivity contribution in [3.8, 4) is 0 Å². The first-order chi connectivity index (χ1) is 11.1. The second-order valence-corrected chi connectivity index (χ2v) is 6.12. The van der Waals surface area contributed by atoms with E-state index in [1.807, 2.05) is 13.0 Å². The first-order valence-electron chi connectivity index (χ1n) is 7.75. The highest BCUT2D eigenvalue weighted by Crippen LogP contribution is 2.17. The molecule has 1 aromatic carbocycles. The molecule has 6 heteroatoms. The van der Waals surface area contributed by atoms with Crippen molar-refractivity contribution in [1.29, 1.82) is 0 Å². The summed E-state index contributed by atoms with van der Waals surface area (Å²) in [6, 6.07) is 8.80. The summed E-state index contributed by atoms with van der Waals surface area (Å²) in [6.07, 6.45) is 2.36. The second-order valence-electron chi connectivity index (χ2n) is 5.69. The molecule has 0 atom stereocenters. The van der Waals surface area contributed by atoms with Gasteiger partial charge in [-0.05, 0) is 44.0 Å². The third-order valence-electron chi connectivity index (χ3n) is 3.80. The number of nitrogens with one attached hydrogen (secondary N) is 1. The predicted molar refractivity (Wildman–Crippen MR) is 90.8 cm³/mol. The second kappa shape index (κ2) is 6.96. The lowest BCUT2D eigenvalue weighted by atomic mass is 10.2. The van der Waals surface area contributed by atoms with Crippen LogP contribution >= 0.6 is 11.6 Å². The van der Waals surface area contributed by atoms with E-state index in [0.717, 1.165) is 30.4 Å². The van der Waals surface area contributed by atoms with Crippen molar-refractivity contribution in [2.75, 3.05) is 18.0 Å². The molecule has 0 saturated carbocycles. The van der Waals surface area contributed by atoms with E-state index in [1.54, 1.807) is 24.3 Å². The minimum absolute atomic E-state index is 0.161. The number of amides is 1. The molecule has 0 bridgehead atoms. The summed E-state index contributed by atoms with van der Waals surface area (Å²) in [6.45, 7) is 4.31. The van der Waals surface area contributed by atoms with Crippen LogP contribution in [0.25, 0.3) is 0 Å². The van der Waals surface area contributed by atoms with Gasteiger partial charge in [-0.2, -0.15) is 0 Å². The summed E-state index contributed by atoms with van der Waals surface area (Å²) in [4.78, 5) is 23.4. The van der Waals surface area contributed by atoms with Gasteiger partial charge in [0.1, 0.15) is 0 Å². The molecule has 1 aliphatic rings. The fraction of sp³-hybridized carbons (Fsp3) is 0.353. The van der Waals surface area contributed by atoms with E-state index in [-0.39, 0.29) is 5.91 Å². The average molecular weight is 331 g/mol. The molecule has 3 rings (SSSR count). The third-order valence-corrected chi connectivity index (χ3v) is 4.04. The zero-order valence-electron chi connectivity index (χ0n) is 13.1.